The van der Waals surface area contributed by atoms with Crippen LogP contribution in [0.2, 0.25) is 0 Å². The van der Waals surface area contributed by atoms with E-state index in [0.29, 0.717) is 11.3 Å². The van der Waals surface area contributed by atoms with Crippen molar-refractivity contribution in [1.82, 2.24) is 14.6 Å². The number of halogens is 4. The van der Waals surface area contributed by atoms with E-state index >= 15 is 0 Å². The summed E-state index contributed by atoms with van der Waals surface area (Å²) in [4.78, 5) is 4.15. The average Bonchev–Trinajstić information content (AvgIpc) is 2.41. The molecule has 0 bridgehead atoms. The zero-order chi connectivity index (χ0) is 11.2. The van der Waals surface area contributed by atoms with Crippen molar-refractivity contribution in [2.75, 3.05) is 0 Å². The third-order valence-corrected chi connectivity index (χ3v) is 3.42. The lowest BCUT2D eigenvalue weighted by atomic mass is 10.4. The van der Waals surface area contributed by atoms with Crippen molar-refractivity contribution in [3.8, 4) is 0 Å². The molecule has 2 heterocycles. The highest BCUT2D eigenvalue weighted by atomic mass is 79.9. The number of rotatable bonds is 0. The van der Waals surface area contributed by atoms with E-state index in [-0.39, 0.29) is 0 Å². The van der Waals surface area contributed by atoms with E-state index in [0.717, 1.165) is 10.2 Å². The summed E-state index contributed by atoms with van der Waals surface area (Å²) in [5.41, 5.74) is 1.90. The maximum atomic E-state index is 5.83. The minimum atomic E-state index is -1.51. The minimum absolute atomic E-state index is 0.464. The van der Waals surface area contributed by atoms with Crippen LogP contribution in [0.4, 0.5) is 0 Å². The third kappa shape index (κ3) is 1.96. The topological polar surface area (TPSA) is 30.2 Å². The fourth-order valence-corrected chi connectivity index (χ4v) is 2.02. The molecule has 15 heavy (non-hydrogen) atoms. The molecule has 0 saturated carbocycles. The molecule has 0 fully saturated rings. The molecule has 0 aliphatic carbocycles. The van der Waals surface area contributed by atoms with Crippen LogP contribution in [0.5, 0.6) is 0 Å². The van der Waals surface area contributed by atoms with E-state index in [2.05, 4.69) is 26.0 Å². The SMILES string of the molecule is Cc1nn2c(C(Cl)(Cl)Cl)ccnc2c1Br. The highest BCUT2D eigenvalue weighted by Gasteiger charge is 2.27. The average molecular weight is 329 g/mol. The first kappa shape index (κ1) is 11.5. The van der Waals surface area contributed by atoms with E-state index in [4.69, 9.17) is 34.8 Å². The van der Waals surface area contributed by atoms with Crippen molar-refractivity contribution < 1.29 is 0 Å². The summed E-state index contributed by atoms with van der Waals surface area (Å²) in [6, 6.07) is 1.62. The second-order valence-electron chi connectivity index (χ2n) is 2.96. The second kappa shape index (κ2) is 3.77. The van der Waals surface area contributed by atoms with Crippen molar-refractivity contribution in [2.45, 2.75) is 10.7 Å². The first-order valence-corrected chi connectivity index (χ1v) is 5.91. The monoisotopic (exact) mass is 327 g/mol. The number of aryl methyl sites for hydroxylation is 1. The van der Waals surface area contributed by atoms with Crippen molar-refractivity contribution in [1.29, 1.82) is 0 Å². The van der Waals surface area contributed by atoms with Crippen LogP contribution in [0.15, 0.2) is 16.7 Å². The number of alkyl halides is 3. The zero-order valence-corrected chi connectivity index (χ0v) is 11.4. The van der Waals surface area contributed by atoms with Gasteiger partial charge in [0.2, 0.25) is 3.79 Å². The highest BCUT2D eigenvalue weighted by molar-refractivity contribution is 9.10. The molecular formula is C8H5BrCl3N3. The van der Waals surface area contributed by atoms with Gasteiger partial charge in [0.15, 0.2) is 5.65 Å². The van der Waals surface area contributed by atoms with Crippen molar-refractivity contribution in [3.63, 3.8) is 0 Å². The minimum Gasteiger partial charge on any atom is -0.236 e. The Morgan fingerprint density at radius 2 is 2.07 bits per heavy atom. The Labute approximate surface area is 109 Å². The van der Waals surface area contributed by atoms with Crippen molar-refractivity contribution in [2.24, 2.45) is 0 Å². The summed E-state index contributed by atoms with van der Waals surface area (Å²) in [5, 5.41) is 4.23. The summed E-state index contributed by atoms with van der Waals surface area (Å²) >= 11 is 20.9. The van der Waals surface area contributed by atoms with Gasteiger partial charge in [0.05, 0.1) is 15.9 Å². The van der Waals surface area contributed by atoms with Gasteiger partial charge in [-0.25, -0.2) is 9.50 Å². The highest BCUT2D eigenvalue weighted by Crippen LogP contribution is 2.38. The van der Waals surface area contributed by atoms with Gasteiger partial charge in [0.25, 0.3) is 0 Å². The van der Waals surface area contributed by atoms with Gasteiger partial charge in [-0.2, -0.15) is 5.10 Å². The lowest BCUT2D eigenvalue weighted by molar-refractivity contribution is 0.847. The fraction of sp³-hybridized carbons (Fsp3) is 0.250. The number of nitrogens with zero attached hydrogens (tertiary/aromatic N) is 3. The van der Waals surface area contributed by atoms with E-state index in [9.17, 15) is 0 Å². The van der Waals surface area contributed by atoms with Gasteiger partial charge in [-0.05, 0) is 28.9 Å². The number of aromatic nitrogens is 3. The molecule has 0 amide bonds. The van der Waals surface area contributed by atoms with Gasteiger partial charge in [0.1, 0.15) is 0 Å². The molecule has 0 unspecified atom stereocenters. The van der Waals surface area contributed by atoms with Gasteiger partial charge in [-0.1, -0.05) is 34.8 Å². The molecule has 0 aliphatic rings. The molecule has 7 heteroatoms. The Bertz CT molecular complexity index is 518. The van der Waals surface area contributed by atoms with E-state index in [1.807, 2.05) is 6.92 Å². The number of hydrogen-bond acceptors (Lipinski definition) is 2. The van der Waals surface area contributed by atoms with Gasteiger partial charge in [-0.3, -0.25) is 0 Å². The lowest BCUT2D eigenvalue weighted by Gasteiger charge is -2.11. The smallest absolute Gasteiger partial charge is 0.232 e. The molecule has 0 atom stereocenters. The van der Waals surface area contributed by atoms with Crippen LogP contribution in [0, 0.1) is 6.92 Å². The third-order valence-electron chi connectivity index (χ3n) is 1.91. The van der Waals surface area contributed by atoms with Crippen molar-refractivity contribution in [3.05, 3.63) is 28.1 Å². The summed E-state index contributed by atoms with van der Waals surface area (Å²) in [6.07, 6.45) is 1.58. The molecule has 2 aromatic heterocycles. The van der Waals surface area contributed by atoms with Crippen LogP contribution in [-0.4, -0.2) is 14.6 Å². The maximum Gasteiger partial charge on any atom is 0.232 e. The molecule has 0 aliphatic heterocycles. The molecular weight excluding hydrogens is 324 g/mol. The Morgan fingerprint density at radius 1 is 1.40 bits per heavy atom. The summed E-state index contributed by atoms with van der Waals surface area (Å²) in [6.45, 7) is 1.85. The Kier molecular flexibility index (Phi) is 2.88. The van der Waals surface area contributed by atoms with Gasteiger partial charge >= 0.3 is 0 Å². The molecule has 80 valence electrons. The first-order chi connectivity index (χ1) is 6.91. The van der Waals surface area contributed by atoms with E-state index < -0.39 is 3.79 Å². The molecule has 0 N–H and O–H groups in total. The molecule has 2 rings (SSSR count). The Hall–Kier alpha value is -0.0300. The predicted molar refractivity (Wildman–Crippen MR) is 64.7 cm³/mol. The fourth-order valence-electron chi connectivity index (χ4n) is 1.24. The van der Waals surface area contributed by atoms with Gasteiger partial charge in [0, 0.05) is 6.20 Å². The van der Waals surface area contributed by atoms with E-state index in [1.54, 1.807) is 12.3 Å². The first-order valence-electron chi connectivity index (χ1n) is 3.98. The largest absolute Gasteiger partial charge is 0.236 e. The molecule has 0 radical (unpaired) electrons. The Morgan fingerprint density at radius 3 is 2.67 bits per heavy atom. The molecule has 0 spiro atoms. The van der Waals surface area contributed by atoms with Crippen LogP contribution in [-0.2, 0) is 3.79 Å². The Balaban J connectivity index is 2.83. The van der Waals surface area contributed by atoms with Crippen LogP contribution < -0.4 is 0 Å². The normalized spacial score (nSPS) is 12.3. The van der Waals surface area contributed by atoms with Gasteiger partial charge in [-0.15, -0.1) is 0 Å². The molecule has 3 nitrogen and oxygen atoms in total. The zero-order valence-electron chi connectivity index (χ0n) is 7.51. The standard InChI is InChI=1S/C8H5BrCl3N3/c1-4-6(9)7-13-3-2-5(8(10,11)12)15(7)14-4/h2-3H,1H3. The second-order valence-corrected chi connectivity index (χ2v) is 6.04. The quantitative estimate of drug-likeness (QED) is 0.691. The van der Waals surface area contributed by atoms with Crippen LogP contribution in [0.25, 0.3) is 5.65 Å². The van der Waals surface area contributed by atoms with Crippen LogP contribution in [0.3, 0.4) is 0 Å². The van der Waals surface area contributed by atoms with Crippen molar-refractivity contribution >= 4 is 56.4 Å². The maximum absolute atomic E-state index is 5.83. The number of fused-ring (bicyclic) bond motifs is 1. The molecule has 0 saturated heterocycles. The van der Waals surface area contributed by atoms with Crippen LogP contribution in [0.1, 0.15) is 11.4 Å². The molecule has 0 aromatic carbocycles. The predicted octanol–water partition coefficient (Wildman–Crippen LogP) is 3.63. The summed E-state index contributed by atoms with van der Waals surface area (Å²) in [5.74, 6) is 0. The van der Waals surface area contributed by atoms with Crippen LogP contribution >= 0.6 is 50.7 Å². The summed E-state index contributed by atoms with van der Waals surface area (Å²) < 4.78 is 0.810. The van der Waals surface area contributed by atoms with E-state index in [1.165, 1.54) is 4.52 Å². The number of hydrogen-bond donors (Lipinski definition) is 0. The summed E-state index contributed by atoms with van der Waals surface area (Å²) in [7, 11) is 0. The van der Waals surface area contributed by atoms with Gasteiger partial charge < -0.3 is 0 Å². The lowest BCUT2D eigenvalue weighted by Crippen LogP contribution is -2.09. The molecule has 2 aromatic rings.